The highest BCUT2D eigenvalue weighted by Crippen LogP contribution is 2.40. The first-order valence-electron chi connectivity index (χ1n) is 9.62. The molecule has 4 rings (SSSR count). The van der Waals surface area contributed by atoms with Crippen molar-refractivity contribution in [1.82, 2.24) is 9.88 Å². The van der Waals surface area contributed by atoms with Crippen molar-refractivity contribution < 1.29 is 28.2 Å². The standard InChI is InChI=1S/C22H20FN3O5S/c1-29-9-8-26(22(27)28)12-14-3-5-18(30-14)20-11-16-21(32-20)19(6-7-25-16)31-17-4-2-13(24)10-15(17)23/h2-7,10-11H,8-9,12,24H2,1H3,(H,27,28). The van der Waals surface area contributed by atoms with E-state index >= 15 is 0 Å². The van der Waals surface area contributed by atoms with Crippen molar-refractivity contribution in [3.63, 3.8) is 0 Å². The second-order valence-electron chi connectivity index (χ2n) is 6.89. The second kappa shape index (κ2) is 9.25. The quantitative estimate of drug-likeness (QED) is 0.350. The van der Waals surface area contributed by atoms with Gasteiger partial charge in [0, 0.05) is 37.7 Å². The van der Waals surface area contributed by atoms with Crippen LogP contribution in [-0.2, 0) is 11.3 Å². The number of carboxylic acid groups (broad SMARTS) is 1. The first-order valence-corrected chi connectivity index (χ1v) is 10.4. The van der Waals surface area contributed by atoms with Crippen molar-refractivity contribution >= 4 is 33.3 Å². The third-order valence-electron chi connectivity index (χ3n) is 4.64. The van der Waals surface area contributed by atoms with Crippen LogP contribution in [0.4, 0.5) is 14.9 Å². The predicted molar refractivity (Wildman–Crippen MR) is 119 cm³/mol. The van der Waals surface area contributed by atoms with Crippen LogP contribution in [0.25, 0.3) is 20.9 Å². The minimum atomic E-state index is -1.05. The number of amides is 1. The fraction of sp³-hybridized carbons (Fsp3) is 0.182. The van der Waals surface area contributed by atoms with E-state index in [1.165, 1.54) is 35.5 Å². The van der Waals surface area contributed by atoms with Crippen molar-refractivity contribution in [1.29, 1.82) is 0 Å². The van der Waals surface area contributed by atoms with E-state index in [0.717, 1.165) is 9.58 Å². The first-order chi connectivity index (χ1) is 15.4. The summed E-state index contributed by atoms with van der Waals surface area (Å²) in [4.78, 5) is 17.8. The second-order valence-corrected chi connectivity index (χ2v) is 7.94. The number of carbonyl (C=O) groups is 1. The molecular weight excluding hydrogens is 437 g/mol. The van der Waals surface area contributed by atoms with Crippen LogP contribution in [0.3, 0.4) is 0 Å². The van der Waals surface area contributed by atoms with Crippen LogP contribution >= 0.6 is 11.3 Å². The number of anilines is 1. The van der Waals surface area contributed by atoms with Gasteiger partial charge in [-0.1, -0.05) is 0 Å². The fourth-order valence-electron chi connectivity index (χ4n) is 3.06. The van der Waals surface area contributed by atoms with Gasteiger partial charge in [-0.3, -0.25) is 9.88 Å². The molecule has 0 saturated heterocycles. The molecule has 0 aliphatic heterocycles. The van der Waals surface area contributed by atoms with Gasteiger partial charge in [0.25, 0.3) is 0 Å². The molecule has 0 saturated carbocycles. The number of halogens is 1. The van der Waals surface area contributed by atoms with E-state index in [4.69, 9.17) is 19.6 Å². The summed E-state index contributed by atoms with van der Waals surface area (Å²) >= 11 is 1.38. The number of ether oxygens (including phenoxy) is 2. The van der Waals surface area contributed by atoms with Crippen LogP contribution < -0.4 is 10.5 Å². The van der Waals surface area contributed by atoms with Crippen molar-refractivity contribution in [3.05, 3.63) is 60.2 Å². The van der Waals surface area contributed by atoms with E-state index < -0.39 is 11.9 Å². The average molecular weight is 457 g/mol. The summed E-state index contributed by atoms with van der Waals surface area (Å²) in [6, 6.07) is 11.2. The Hall–Kier alpha value is -3.63. The topological polar surface area (TPSA) is 111 Å². The zero-order valence-electron chi connectivity index (χ0n) is 17.1. The molecule has 3 heterocycles. The normalized spacial score (nSPS) is 11.1. The number of nitrogen functional groups attached to an aromatic ring is 1. The van der Waals surface area contributed by atoms with E-state index in [1.807, 2.05) is 6.07 Å². The summed E-state index contributed by atoms with van der Waals surface area (Å²) in [5.74, 6) is 1.04. The van der Waals surface area contributed by atoms with Gasteiger partial charge in [-0.15, -0.1) is 11.3 Å². The molecule has 0 atom stereocenters. The number of furan rings is 1. The lowest BCUT2D eigenvalue weighted by atomic mass is 10.3. The highest BCUT2D eigenvalue weighted by atomic mass is 32.1. The number of methoxy groups -OCH3 is 1. The Morgan fingerprint density at radius 3 is 2.84 bits per heavy atom. The maximum atomic E-state index is 14.2. The lowest BCUT2D eigenvalue weighted by Gasteiger charge is -2.17. The van der Waals surface area contributed by atoms with Gasteiger partial charge in [-0.05, 0) is 30.3 Å². The molecule has 1 aromatic carbocycles. The third kappa shape index (κ3) is 4.66. The summed E-state index contributed by atoms with van der Waals surface area (Å²) in [5, 5.41) is 9.34. The van der Waals surface area contributed by atoms with Gasteiger partial charge < -0.3 is 24.7 Å². The van der Waals surface area contributed by atoms with Gasteiger partial charge in [-0.2, -0.15) is 0 Å². The smallest absolute Gasteiger partial charge is 0.407 e. The number of benzene rings is 1. The number of thiophene rings is 1. The lowest BCUT2D eigenvalue weighted by molar-refractivity contribution is 0.112. The van der Waals surface area contributed by atoms with Crippen molar-refractivity contribution in [2.45, 2.75) is 6.54 Å². The summed E-state index contributed by atoms with van der Waals surface area (Å²) < 4.78 is 31.5. The van der Waals surface area contributed by atoms with Gasteiger partial charge in [0.15, 0.2) is 11.6 Å². The minimum absolute atomic E-state index is 0.0618. The van der Waals surface area contributed by atoms with E-state index in [-0.39, 0.29) is 18.8 Å². The monoisotopic (exact) mass is 457 g/mol. The number of aromatic nitrogens is 1. The van der Waals surface area contributed by atoms with Gasteiger partial charge in [0.2, 0.25) is 0 Å². The highest BCUT2D eigenvalue weighted by molar-refractivity contribution is 7.22. The van der Waals surface area contributed by atoms with Crippen LogP contribution in [-0.4, -0.2) is 41.3 Å². The Morgan fingerprint density at radius 1 is 1.25 bits per heavy atom. The molecule has 0 fully saturated rings. The van der Waals surface area contributed by atoms with E-state index in [9.17, 15) is 14.3 Å². The minimum Gasteiger partial charge on any atom is -0.465 e. The van der Waals surface area contributed by atoms with Crippen molar-refractivity contribution in [2.75, 3.05) is 26.0 Å². The molecule has 3 N–H and O–H groups in total. The molecule has 0 aliphatic rings. The molecule has 0 aliphatic carbocycles. The Bertz CT molecular complexity index is 1260. The van der Waals surface area contributed by atoms with Crippen molar-refractivity contribution in [3.8, 4) is 22.1 Å². The zero-order chi connectivity index (χ0) is 22.7. The molecule has 0 unspecified atom stereocenters. The molecule has 1 amide bonds. The maximum absolute atomic E-state index is 14.2. The fourth-order valence-corrected chi connectivity index (χ4v) is 4.09. The maximum Gasteiger partial charge on any atom is 0.407 e. The van der Waals surface area contributed by atoms with Crippen LogP contribution in [0.1, 0.15) is 5.76 Å². The van der Waals surface area contributed by atoms with Gasteiger partial charge in [0.05, 0.1) is 28.2 Å². The van der Waals surface area contributed by atoms with Crippen LogP contribution in [0.2, 0.25) is 0 Å². The number of fused-ring (bicyclic) bond motifs is 1. The van der Waals surface area contributed by atoms with Gasteiger partial charge >= 0.3 is 6.09 Å². The average Bonchev–Trinajstić information content (AvgIpc) is 3.40. The summed E-state index contributed by atoms with van der Waals surface area (Å²) in [7, 11) is 1.51. The SMILES string of the molecule is COCCN(Cc1ccc(-c2cc3nccc(Oc4ccc(N)cc4F)c3s2)o1)C(=O)O. The zero-order valence-corrected chi connectivity index (χ0v) is 17.9. The molecule has 8 nitrogen and oxygen atoms in total. The number of hydrogen-bond acceptors (Lipinski definition) is 7. The van der Waals surface area contributed by atoms with Crippen molar-refractivity contribution in [2.24, 2.45) is 0 Å². The first kappa shape index (κ1) is 21.6. The Labute approximate surface area is 186 Å². The lowest BCUT2D eigenvalue weighted by Crippen LogP contribution is -2.31. The molecule has 166 valence electrons. The number of pyridine rings is 1. The van der Waals surface area contributed by atoms with E-state index in [1.54, 1.807) is 30.5 Å². The number of rotatable bonds is 8. The van der Waals surface area contributed by atoms with E-state index in [2.05, 4.69) is 4.98 Å². The van der Waals surface area contributed by atoms with Gasteiger partial charge in [0.1, 0.15) is 17.3 Å². The molecule has 4 aromatic rings. The molecule has 32 heavy (non-hydrogen) atoms. The van der Waals surface area contributed by atoms with Crippen LogP contribution in [0.15, 0.2) is 53.1 Å². The molecule has 0 bridgehead atoms. The van der Waals surface area contributed by atoms with Crippen LogP contribution in [0.5, 0.6) is 11.5 Å². The predicted octanol–water partition coefficient (Wildman–Crippen LogP) is 5.20. The van der Waals surface area contributed by atoms with Crippen LogP contribution in [0, 0.1) is 5.82 Å². The third-order valence-corrected chi connectivity index (χ3v) is 5.79. The summed E-state index contributed by atoms with van der Waals surface area (Å²) in [6.45, 7) is 0.628. The van der Waals surface area contributed by atoms with E-state index in [0.29, 0.717) is 35.1 Å². The number of hydrogen-bond donors (Lipinski definition) is 2. The molecule has 3 aromatic heterocycles. The molecule has 0 spiro atoms. The molecule has 0 radical (unpaired) electrons. The number of nitrogens with two attached hydrogens (primary N) is 1. The van der Waals surface area contributed by atoms with Gasteiger partial charge in [-0.25, -0.2) is 9.18 Å². The largest absolute Gasteiger partial charge is 0.465 e. The summed E-state index contributed by atoms with van der Waals surface area (Å²) in [6.07, 6.45) is 0.528. The Morgan fingerprint density at radius 2 is 2.09 bits per heavy atom. The highest BCUT2D eigenvalue weighted by Gasteiger charge is 2.17. The molecular formula is C22H20FN3O5S. The summed E-state index contributed by atoms with van der Waals surface area (Å²) in [5.41, 5.74) is 6.58. The Kier molecular flexibility index (Phi) is 6.24. The molecule has 10 heteroatoms. The Balaban J connectivity index is 1.58. The number of nitrogens with zero attached hydrogens (tertiary/aromatic N) is 2.